The van der Waals surface area contributed by atoms with Crippen LogP contribution in [0.3, 0.4) is 0 Å². The minimum Gasteiger partial charge on any atom is -0.506 e. The summed E-state index contributed by atoms with van der Waals surface area (Å²) in [5.74, 6) is 0.0441. The molecule has 0 bridgehead atoms. The maximum Gasteiger partial charge on any atom is 0.186 e. The van der Waals surface area contributed by atoms with Gasteiger partial charge in [-0.25, -0.2) is 4.99 Å². The van der Waals surface area contributed by atoms with Gasteiger partial charge in [-0.15, -0.1) is 0 Å². The van der Waals surface area contributed by atoms with Crippen molar-refractivity contribution in [2.24, 2.45) is 15.8 Å². The molecule has 0 saturated heterocycles. The first-order valence-corrected chi connectivity index (χ1v) is 8.02. The number of hydrogen-bond donors (Lipinski definition) is 1. The third kappa shape index (κ3) is 6.01. The predicted octanol–water partition coefficient (Wildman–Crippen LogP) is 5.24. The second kappa shape index (κ2) is 7.12. The first kappa shape index (κ1) is 19.1. The number of phenols is 1. The highest BCUT2D eigenvalue weighted by atomic mass is 16.3. The Balaban J connectivity index is 3.31. The molecule has 1 N–H and O–H groups in total. The number of nitrogens with zero attached hydrogens (tertiary/aromatic N) is 1. The van der Waals surface area contributed by atoms with Gasteiger partial charge in [-0.05, 0) is 42.5 Å². The summed E-state index contributed by atoms with van der Waals surface area (Å²) < 4.78 is 0. The van der Waals surface area contributed by atoms with Crippen molar-refractivity contribution in [2.45, 2.75) is 54.9 Å². The van der Waals surface area contributed by atoms with Crippen LogP contribution < -0.4 is 0 Å². The third-order valence-electron chi connectivity index (χ3n) is 3.25. The first-order chi connectivity index (χ1) is 10.4. The summed E-state index contributed by atoms with van der Waals surface area (Å²) in [5.41, 5.74) is 1.53. The highest BCUT2D eigenvalue weighted by Crippen LogP contribution is 2.31. The molecule has 0 fully saturated rings. The van der Waals surface area contributed by atoms with Gasteiger partial charge in [0.1, 0.15) is 17.1 Å². The molecule has 0 aromatic heterocycles. The summed E-state index contributed by atoms with van der Waals surface area (Å²) in [7, 11) is 0. The van der Waals surface area contributed by atoms with E-state index in [1.807, 2.05) is 39.8 Å². The van der Waals surface area contributed by atoms with E-state index in [-0.39, 0.29) is 16.9 Å². The Morgan fingerprint density at radius 1 is 1.17 bits per heavy atom. The van der Waals surface area contributed by atoms with E-state index in [9.17, 15) is 9.90 Å². The monoisotopic (exact) mass is 315 g/mol. The fraction of sp³-hybridized carbons (Fsp3) is 0.500. The Morgan fingerprint density at radius 3 is 2.26 bits per heavy atom. The molecule has 3 nitrogen and oxygen atoms in total. The van der Waals surface area contributed by atoms with Crippen molar-refractivity contribution in [3.05, 3.63) is 35.9 Å². The molecule has 23 heavy (non-hydrogen) atoms. The molecular weight excluding hydrogens is 286 g/mol. The fourth-order valence-corrected chi connectivity index (χ4v) is 2.22. The lowest BCUT2D eigenvalue weighted by Crippen LogP contribution is -2.27. The Morgan fingerprint density at radius 2 is 1.78 bits per heavy atom. The van der Waals surface area contributed by atoms with Crippen LogP contribution >= 0.6 is 0 Å². The second-order valence-corrected chi connectivity index (χ2v) is 8.14. The lowest BCUT2D eigenvalue weighted by Gasteiger charge is -2.19. The van der Waals surface area contributed by atoms with Crippen LogP contribution in [-0.2, 0) is 11.2 Å². The summed E-state index contributed by atoms with van der Waals surface area (Å²) in [5, 5.41) is 10.1. The van der Waals surface area contributed by atoms with Crippen molar-refractivity contribution < 1.29 is 9.90 Å². The average molecular weight is 315 g/mol. The molecule has 0 spiro atoms. The molecule has 0 aliphatic carbocycles. The molecule has 3 heteroatoms. The molecule has 0 atom stereocenters. The predicted molar refractivity (Wildman–Crippen MR) is 97.6 cm³/mol. The van der Waals surface area contributed by atoms with Crippen molar-refractivity contribution >= 4 is 17.2 Å². The van der Waals surface area contributed by atoms with Gasteiger partial charge in [-0.3, -0.25) is 4.79 Å². The molecule has 1 rings (SSSR count). The zero-order valence-corrected chi connectivity index (χ0v) is 15.4. The van der Waals surface area contributed by atoms with E-state index < -0.39 is 5.41 Å². The van der Waals surface area contributed by atoms with Crippen LogP contribution in [0.2, 0.25) is 0 Å². The van der Waals surface area contributed by atoms with E-state index >= 15 is 0 Å². The molecule has 0 saturated carbocycles. The van der Waals surface area contributed by atoms with E-state index in [2.05, 4.69) is 25.8 Å². The number of allylic oxidation sites excluding steroid dienone is 2. The Kier molecular flexibility index (Phi) is 5.92. The number of Topliss-reactive ketones (excluding diaryl/α,β-unsaturated/α-hetero) is 1. The number of aromatic hydroxyl groups is 1. The van der Waals surface area contributed by atoms with Crippen molar-refractivity contribution in [1.82, 2.24) is 0 Å². The standard InChI is InChI=1S/C20H29NO2/c1-8-9-15(18(23)20(5,6)7)21-16-12-14(10-11-17(16)22)13-19(2,3)4/h8-12,22H,13H2,1-7H3/b9-8-,21-15?. The summed E-state index contributed by atoms with van der Waals surface area (Å²) in [4.78, 5) is 17.0. The zero-order valence-electron chi connectivity index (χ0n) is 15.4. The summed E-state index contributed by atoms with van der Waals surface area (Å²) in [6.45, 7) is 13.9. The third-order valence-corrected chi connectivity index (χ3v) is 3.25. The van der Waals surface area contributed by atoms with E-state index in [1.165, 1.54) is 0 Å². The Hall–Kier alpha value is -1.90. The summed E-state index contributed by atoms with van der Waals surface area (Å²) in [6.07, 6.45) is 4.37. The quantitative estimate of drug-likeness (QED) is 0.772. The van der Waals surface area contributed by atoms with Crippen LogP contribution in [0.5, 0.6) is 5.75 Å². The molecule has 0 aliphatic rings. The van der Waals surface area contributed by atoms with Crippen LogP contribution in [0.1, 0.15) is 54.0 Å². The number of phenolic OH excluding ortho intramolecular Hbond substituents is 1. The van der Waals surface area contributed by atoms with Crippen molar-refractivity contribution in [1.29, 1.82) is 0 Å². The highest BCUT2D eigenvalue weighted by molar-refractivity contribution is 6.46. The van der Waals surface area contributed by atoms with Gasteiger partial charge in [0.15, 0.2) is 5.78 Å². The SMILES string of the molecule is C/C=C\C(=Nc1cc(CC(C)(C)C)ccc1O)C(=O)C(C)(C)C. The van der Waals surface area contributed by atoms with E-state index in [0.29, 0.717) is 11.4 Å². The number of benzene rings is 1. The Bertz CT molecular complexity index is 626. The van der Waals surface area contributed by atoms with Crippen LogP contribution in [0.4, 0.5) is 5.69 Å². The number of carbonyl (C=O) groups is 1. The average Bonchev–Trinajstić information content (AvgIpc) is 2.38. The maximum atomic E-state index is 12.5. The van der Waals surface area contributed by atoms with Gasteiger partial charge in [-0.2, -0.15) is 0 Å². The smallest absolute Gasteiger partial charge is 0.186 e. The Labute approximate surface area is 140 Å². The minimum absolute atomic E-state index is 0.0452. The molecule has 0 heterocycles. The molecule has 0 aliphatic heterocycles. The largest absolute Gasteiger partial charge is 0.506 e. The molecule has 126 valence electrons. The molecule has 0 amide bonds. The van der Waals surface area contributed by atoms with Crippen LogP contribution in [-0.4, -0.2) is 16.6 Å². The lowest BCUT2D eigenvalue weighted by atomic mass is 9.87. The zero-order chi connectivity index (χ0) is 17.8. The molecule has 1 aromatic rings. The molecular formula is C20H29NO2. The van der Waals surface area contributed by atoms with Crippen molar-refractivity contribution in [3.63, 3.8) is 0 Å². The van der Waals surface area contributed by atoms with Crippen LogP contribution in [0.25, 0.3) is 0 Å². The normalized spacial score (nSPS) is 13.6. The highest BCUT2D eigenvalue weighted by Gasteiger charge is 2.25. The topological polar surface area (TPSA) is 49.7 Å². The molecule has 0 radical (unpaired) electrons. The van der Waals surface area contributed by atoms with Gasteiger partial charge in [-0.1, -0.05) is 53.7 Å². The number of ketones is 1. The number of rotatable bonds is 4. The summed E-state index contributed by atoms with van der Waals surface area (Å²) >= 11 is 0. The number of carbonyl (C=O) groups excluding carboxylic acids is 1. The fourth-order valence-electron chi connectivity index (χ4n) is 2.22. The van der Waals surface area contributed by atoms with Gasteiger partial charge in [0.05, 0.1) is 0 Å². The number of aliphatic imine (C=N–C) groups is 1. The van der Waals surface area contributed by atoms with Crippen molar-refractivity contribution in [2.75, 3.05) is 0 Å². The van der Waals surface area contributed by atoms with Crippen LogP contribution in [0, 0.1) is 10.8 Å². The molecule has 1 aromatic carbocycles. The van der Waals surface area contributed by atoms with Crippen LogP contribution in [0.15, 0.2) is 35.3 Å². The minimum atomic E-state index is -0.517. The van der Waals surface area contributed by atoms with Crippen molar-refractivity contribution in [3.8, 4) is 5.75 Å². The van der Waals surface area contributed by atoms with Gasteiger partial charge in [0.2, 0.25) is 0 Å². The molecule has 0 unspecified atom stereocenters. The van der Waals surface area contributed by atoms with E-state index in [4.69, 9.17) is 0 Å². The second-order valence-electron chi connectivity index (χ2n) is 8.14. The van der Waals surface area contributed by atoms with Gasteiger partial charge in [0, 0.05) is 5.41 Å². The first-order valence-electron chi connectivity index (χ1n) is 8.02. The number of hydrogen-bond acceptors (Lipinski definition) is 3. The van der Waals surface area contributed by atoms with Gasteiger partial charge >= 0.3 is 0 Å². The van der Waals surface area contributed by atoms with E-state index in [0.717, 1.165) is 12.0 Å². The summed E-state index contributed by atoms with van der Waals surface area (Å²) in [6, 6.07) is 5.41. The van der Waals surface area contributed by atoms with Gasteiger partial charge < -0.3 is 5.11 Å². The van der Waals surface area contributed by atoms with E-state index in [1.54, 1.807) is 18.2 Å². The van der Waals surface area contributed by atoms with Gasteiger partial charge in [0.25, 0.3) is 0 Å². The lowest BCUT2D eigenvalue weighted by molar-refractivity contribution is -0.119. The maximum absolute atomic E-state index is 12.5.